The van der Waals surface area contributed by atoms with Crippen LogP contribution in [0, 0.1) is 5.92 Å². The third kappa shape index (κ3) is 0.768. The van der Waals surface area contributed by atoms with Crippen LogP contribution in [0.5, 0.6) is 0 Å². The highest BCUT2D eigenvalue weighted by Gasteiger charge is 2.71. The molecule has 0 aromatic heterocycles. The van der Waals surface area contributed by atoms with Crippen LogP contribution in [0.1, 0.15) is 5.56 Å². The van der Waals surface area contributed by atoms with Crippen LogP contribution in [0.4, 0.5) is 0 Å². The Balaban J connectivity index is 1.92. The van der Waals surface area contributed by atoms with E-state index >= 15 is 0 Å². The molecule has 72 valence electrons. The van der Waals surface area contributed by atoms with Crippen molar-refractivity contribution >= 4 is 5.71 Å². The number of aliphatic hydroxyl groups is 1. The summed E-state index contributed by atoms with van der Waals surface area (Å²) in [7, 11) is 0. The Kier molecular flexibility index (Phi) is 1.42. The van der Waals surface area contributed by atoms with Crippen LogP contribution >= 0.6 is 0 Å². The quantitative estimate of drug-likeness (QED) is 0.695. The number of aliphatic hydroxyl groups excluding tert-OH is 1. The highest BCUT2D eigenvalue weighted by atomic mass is 16.3. The molecule has 2 aliphatic rings. The van der Waals surface area contributed by atoms with E-state index in [1.807, 2.05) is 30.3 Å². The van der Waals surface area contributed by atoms with Crippen molar-refractivity contribution in [3.8, 4) is 0 Å². The monoisotopic (exact) mass is 188 g/mol. The molecule has 0 radical (unpaired) electrons. The summed E-state index contributed by atoms with van der Waals surface area (Å²) in [4.78, 5) is 4.42. The second kappa shape index (κ2) is 2.43. The molecule has 3 atom stereocenters. The first kappa shape index (κ1) is 8.15. The molecule has 0 amide bonds. The topological polar surface area (TPSA) is 58.6 Å². The second-order valence-electron chi connectivity index (χ2n) is 4.01. The lowest BCUT2D eigenvalue weighted by Gasteiger charge is -2.21. The van der Waals surface area contributed by atoms with Crippen LogP contribution in [0.2, 0.25) is 0 Å². The molecule has 14 heavy (non-hydrogen) atoms. The maximum Gasteiger partial charge on any atom is 0.0888 e. The van der Waals surface area contributed by atoms with Gasteiger partial charge in [0.15, 0.2) is 0 Å². The summed E-state index contributed by atoms with van der Waals surface area (Å²) in [5, 5.41) is 9.06. The number of hydrogen-bond acceptors (Lipinski definition) is 3. The van der Waals surface area contributed by atoms with E-state index < -0.39 is 0 Å². The number of fused-ring (bicyclic) bond motifs is 1. The molecule has 3 rings (SSSR count). The molecule has 0 saturated heterocycles. The minimum Gasteiger partial charge on any atom is -0.396 e. The minimum atomic E-state index is -0.323. The van der Waals surface area contributed by atoms with E-state index in [1.165, 1.54) is 0 Å². The Morgan fingerprint density at radius 1 is 1.36 bits per heavy atom. The van der Waals surface area contributed by atoms with Crippen molar-refractivity contribution in [1.29, 1.82) is 0 Å². The summed E-state index contributed by atoms with van der Waals surface area (Å²) in [6.45, 7) is 0.140. The van der Waals surface area contributed by atoms with Crippen LogP contribution in [0.3, 0.4) is 0 Å². The predicted molar refractivity (Wildman–Crippen MR) is 54.3 cm³/mol. The fourth-order valence-electron chi connectivity index (χ4n) is 2.33. The standard InChI is InChI=1S/C11H12N2O/c12-11-8(6-14)10(11)13-9(11)7-4-2-1-3-5-7/h1-5,8,10,14H,6,12H2. The van der Waals surface area contributed by atoms with E-state index in [0.717, 1.165) is 11.3 Å². The molecule has 3 unspecified atom stereocenters. The van der Waals surface area contributed by atoms with Gasteiger partial charge in [-0.3, -0.25) is 4.99 Å². The molecule has 1 fully saturated rings. The second-order valence-corrected chi connectivity index (χ2v) is 4.01. The molecule has 1 aliphatic heterocycles. The Hall–Kier alpha value is -1.19. The Morgan fingerprint density at radius 2 is 2.07 bits per heavy atom. The molecule has 0 spiro atoms. The molecule has 0 bridgehead atoms. The van der Waals surface area contributed by atoms with Gasteiger partial charge >= 0.3 is 0 Å². The molecular formula is C11H12N2O. The molecule has 3 nitrogen and oxygen atoms in total. The predicted octanol–water partition coefficient (Wildman–Crippen LogP) is 0.177. The lowest BCUT2D eigenvalue weighted by atomic mass is 9.96. The molecular weight excluding hydrogens is 176 g/mol. The van der Waals surface area contributed by atoms with Gasteiger partial charge in [0.25, 0.3) is 0 Å². The van der Waals surface area contributed by atoms with Gasteiger partial charge in [-0.25, -0.2) is 0 Å². The number of aliphatic imine (C=N–C) groups is 1. The molecule has 3 N–H and O–H groups in total. The van der Waals surface area contributed by atoms with E-state index in [0.29, 0.717) is 0 Å². The van der Waals surface area contributed by atoms with E-state index in [2.05, 4.69) is 4.99 Å². The average Bonchev–Trinajstić information content (AvgIpc) is 2.67. The van der Waals surface area contributed by atoms with Crippen LogP contribution in [0.25, 0.3) is 0 Å². The van der Waals surface area contributed by atoms with Crippen LogP contribution in [0.15, 0.2) is 35.3 Å². The van der Waals surface area contributed by atoms with Gasteiger partial charge in [0.1, 0.15) is 0 Å². The van der Waals surface area contributed by atoms with Crippen LogP contribution < -0.4 is 5.73 Å². The molecule has 1 aromatic carbocycles. The highest BCUT2D eigenvalue weighted by molar-refractivity contribution is 6.15. The van der Waals surface area contributed by atoms with Gasteiger partial charge in [0.05, 0.1) is 23.9 Å². The Morgan fingerprint density at radius 3 is 2.64 bits per heavy atom. The molecule has 3 heteroatoms. The van der Waals surface area contributed by atoms with E-state index in [4.69, 9.17) is 10.8 Å². The normalized spacial score (nSPS) is 38.3. The molecule has 1 aliphatic carbocycles. The van der Waals surface area contributed by atoms with Crippen LogP contribution in [-0.4, -0.2) is 29.0 Å². The highest BCUT2D eigenvalue weighted by Crippen LogP contribution is 2.53. The van der Waals surface area contributed by atoms with Crippen molar-refractivity contribution in [3.05, 3.63) is 35.9 Å². The van der Waals surface area contributed by atoms with Crippen molar-refractivity contribution in [3.63, 3.8) is 0 Å². The summed E-state index contributed by atoms with van der Waals surface area (Å²) in [6.07, 6.45) is 0. The van der Waals surface area contributed by atoms with Crippen molar-refractivity contribution in [1.82, 2.24) is 0 Å². The SMILES string of the molecule is NC12C(c3ccccc3)=NC1C2CO. The smallest absolute Gasteiger partial charge is 0.0888 e. The lowest BCUT2D eigenvalue weighted by Crippen LogP contribution is -2.44. The Bertz CT molecular complexity index is 401. The van der Waals surface area contributed by atoms with Gasteiger partial charge in [-0.1, -0.05) is 30.3 Å². The molecule has 1 aromatic rings. The summed E-state index contributed by atoms with van der Waals surface area (Å²) >= 11 is 0. The number of hydrogen-bond donors (Lipinski definition) is 2. The summed E-state index contributed by atoms with van der Waals surface area (Å²) < 4.78 is 0. The zero-order valence-corrected chi connectivity index (χ0v) is 7.72. The molecule has 1 heterocycles. The van der Waals surface area contributed by atoms with Crippen molar-refractivity contribution in [2.24, 2.45) is 16.6 Å². The third-order valence-corrected chi connectivity index (χ3v) is 3.30. The number of benzene rings is 1. The van der Waals surface area contributed by atoms with Crippen molar-refractivity contribution < 1.29 is 5.11 Å². The van der Waals surface area contributed by atoms with E-state index in [-0.39, 0.29) is 24.1 Å². The third-order valence-electron chi connectivity index (χ3n) is 3.30. The van der Waals surface area contributed by atoms with Gasteiger partial charge in [0, 0.05) is 5.92 Å². The minimum absolute atomic E-state index is 0.140. The van der Waals surface area contributed by atoms with Crippen molar-refractivity contribution in [2.75, 3.05) is 6.61 Å². The summed E-state index contributed by atoms with van der Waals surface area (Å²) in [5.41, 5.74) is 7.86. The van der Waals surface area contributed by atoms with E-state index in [9.17, 15) is 0 Å². The largest absolute Gasteiger partial charge is 0.396 e. The van der Waals surface area contributed by atoms with Gasteiger partial charge < -0.3 is 10.8 Å². The van der Waals surface area contributed by atoms with Crippen LogP contribution in [-0.2, 0) is 0 Å². The summed E-state index contributed by atoms with van der Waals surface area (Å²) in [6, 6.07) is 10.1. The number of nitrogens with two attached hydrogens (primary N) is 1. The van der Waals surface area contributed by atoms with Gasteiger partial charge in [-0.15, -0.1) is 0 Å². The number of nitrogens with zero attached hydrogens (tertiary/aromatic N) is 1. The fraction of sp³-hybridized carbons (Fsp3) is 0.364. The first-order valence-electron chi connectivity index (χ1n) is 4.82. The van der Waals surface area contributed by atoms with Gasteiger partial charge in [-0.05, 0) is 5.56 Å². The first-order valence-corrected chi connectivity index (χ1v) is 4.82. The molecule has 1 saturated carbocycles. The zero-order valence-electron chi connectivity index (χ0n) is 7.72. The lowest BCUT2D eigenvalue weighted by molar-refractivity contribution is 0.270. The summed E-state index contributed by atoms with van der Waals surface area (Å²) in [5.74, 6) is 0.151. The first-order chi connectivity index (χ1) is 6.78. The maximum absolute atomic E-state index is 9.06. The van der Waals surface area contributed by atoms with E-state index in [1.54, 1.807) is 0 Å². The van der Waals surface area contributed by atoms with Crippen molar-refractivity contribution in [2.45, 2.75) is 11.6 Å². The fourth-order valence-corrected chi connectivity index (χ4v) is 2.33. The number of rotatable bonds is 2. The Labute approximate surface area is 82.3 Å². The zero-order chi connectivity index (χ0) is 9.76. The van der Waals surface area contributed by atoms with Gasteiger partial charge in [0.2, 0.25) is 0 Å². The average molecular weight is 188 g/mol. The maximum atomic E-state index is 9.06. The van der Waals surface area contributed by atoms with Gasteiger partial charge in [-0.2, -0.15) is 0 Å².